The van der Waals surface area contributed by atoms with Crippen LogP contribution >= 0.6 is 0 Å². The second kappa shape index (κ2) is 6.24. The van der Waals surface area contributed by atoms with Crippen LogP contribution in [0.1, 0.15) is 6.92 Å². The van der Waals surface area contributed by atoms with E-state index in [0.717, 1.165) is 0 Å². The van der Waals surface area contributed by atoms with E-state index in [1.807, 2.05) is 5.32 Å². The van der Waals surface area contributed by atoms with Crippen molar-refractivity contribution in [1.29, 1.82) is 0 Å². The van der Waals surface area contributed by atoms with Gasteiger partial charge in [0.1, 0.15) is 13.5 Å². The molecule has 14 heavy (non-hydrogen) atoms. The first-order valence-electron chi connectivity index (χ1n) is 3.85. The monoisotopic (exact) mass is 207 g/mol. The summed E-state index contributed by atoms with van der Waals surface area (Å²) < 4.78 is 0. The van der Waals surface area contributed by atoms with Gasteiger partial charge in [-0.3, -0.25) is 4.90 Å². The highest BCUT2D eigenvalue weighted by molar-refractivity contribution is 5.74. The largest absolute Gasteiger partial charge is 0.389 e. The second-order valence-electron chi connectivity index (χ2n) is 2.51. The molecule has 2 atom stereocenters. The van der Waals surface area contributed by atoms with Crippen molar-refractivity contribution in [3.8, 4) is 0 Å². The van der Waals surface area contributed by atoms with Crippen molar-refractivity contribution in [3.63, 3.8) is 0 Å². The number of aliphatic hydroxyl groups excluding tert-OH is 3. The number of rotatable bonds is 5. The quantitative estimate of drug-likeness (QED) is 0.318. The predicted molar refractivity (Wildman–Crippen MR) is 45.8 cm³/mol. The number of nitrogens with zero attached hydrogens (tertiary/aromatic N) is 2. The Morgan fingerprint density at radius 3 is 2.43 bits per heavy atom. The molecule has 0 rings (SSSR count). The van der Waals surface area contributed by atoms with Crippen LogP contribution in [0, 0.1) is 4.91 Å². The molecule has 0 aromatic carbocycles. The van der Waals surface area contributed by atoms with Gasteiger partial charge in [-0.15, -0.1) is 4.91 Å². The van der Waals surface area contributed by atoms with Gasteiger partial charge < -0.3 is 20.6 Å². The molecule has 0 aromatic heterocycles. The SMILES string of the molecule is CC(O)C(N=O)N(CO)C(=O)NCO. The molecule has 8 heteroatoms. The molecule has 0 bridgehead atoms. The van der Waals surface area contributed by atoms with Crippen LogP contribution in [0.25, 0.3) is 0 Å². The summed E-state index contributed by atoms with van der Waals surface area (Å²) in [6.45, 7) is -0.172. The van der Waals surface area contributed by atoms with Crippen molar-refractivity contribution in [2.75, 3.05) is 13.5 Å². The summed E-state index contributed by atoms with van der Waals surface area (Å²) in [4.78, 5) is 21.9. The maximum atomic E-state index is 11.1. The van der Waals surface area contributed by atoms with Crippen molar-refractivity contribution in [2.45, 2.75) is 19.2 Å². The molecule has 8 nitrogen and oxygen atoms in total. The molecule has 0 aliphatic carbocycles. The lowest BCUT2D eigenvalue weighted by Crippen LogP contribution is -2.50. The Balaban J connectivity index is 4.50. The number of hydrogen-bond acceptors (Lipinski definition) is 6. The molecule has 0 saturated carbocycles. The average Bonchev–Trinajstić information content (AvgIpc) is 2.13. The van der Waals surface area contributed by atoms with Gasteiger partial charge >= 0.3 is 6.03 Å². The molecule has 2 amide bonds. The number of carbonyl (C=O) groups is 1. The maximum absolute atomic E-state index is 11.1. The van der Waals surface area contributed by atoms with Gasteiger partial charge in [-0.2, -0.15) is 0 Å². The minimum Gasteiger partial charge on any atom is -0.389 e. The molecule has 0 spiro atoms. The number of nitrogens with one attached hydrogen (secondary N) is 1. The Labute approximate surface area is 80.1 Å². The van der Waals surface area contributed by atoms with E-state index in [-0.39, 0.29) is 0 Å². The van der Waals surface area contributed by atoms with Crippen LogP contribution in [0.5, 0.6) is 0 Å². The van der Waals surface area contributed by atoms with Crippen LogP contribution in [-0.2, 0) is 0 Å². The number of aliphatic hydroxyl groups is 3. The molecule has 0 aliphatic rings. The Kier molecular flexibility index (Phi) is 5.68. The average molecular weight is 207 g/mol. The van der Waals surface area contributed by atoms with E-state index in [0.29, 0.717) is 4.90 Å². The molecule has 2 unspecified atom stereocenters. The van der Waals surface area contributed by atoms with E-state index >= 15 is 0 Å². The molecule has 4 N–H and O–H groups in total. The fourth-order valence-electron chi connectivity index (χ4n) is 0.843. The van der Waals surface area contributed by atoms with Crippen molar-refractivity contribution < 1.29 is 20.1 Å². The van der Waals surface area contributed by atoms with E-state index < -0.39 is 31.8 Å². The molecule has 0 heterocycles. The first-order valence-corrected chi connectivity index (χ1v) is 3.85. The smallest absolute Gasteiger partial charge is 0.322 e. The highest BCUT2D eigenvalue weighted by Gasteiger charge is 2.27. The van der Waals surface area contributed by atoms with Crippen molar-refractivity contribution in [1.82, 2.24) is 10.2 Å². The standard InChI is InChI=1S/C6H13N3O5/c1-4(12)5(8-14)9(3-11)6(13)7-2-10/h4-5,10-12H,2-3H2,1H3,(H,7,13). The van der Waals surface area contributed by atoms with Crippen molar-refractivity contribution in [3.05, 3.63) is 4.91 Å². The van der Waals surface area contributed by atoms with Gasteiger partial charge in [-0.25, -0.2) is 4.79 Å². The number of amides is 2. The molecule has 0 aromatic rings. The number of urea groups is 1. The van der Waals surface area contributed by atoms with Gasteiger partial charge in [0.05, 0.1) is 6.10 Å². The topological polar surface area (TPSA) is 122 Å². The van der Waals surface area contributed by atoms with Gasteiger partial charge in [-0.05, 0) is 12.1 Å². The van der Waals surface area contributed by atoms with E-state index in [4.69, 9.17) is 15.3 Å². The first kappa shape index (κ1) is 12.8. The number of nitroso groups, excluding NO2 is 1. The predicted octanol–water partition coefficient (Wildman–Crippen LogP) is -1.63. The Hall–Kier alpha value is -1.25. The van der Waals surface area contributed by atoms with Gasteiger partial charge in [-0.1, -0.05) is 0 Å². The highest BCUT2D eigenvalue weighted by Crippen LogP contribution is 2.05. The molecule has 82 valence electrons. The number of carbonyl (C=O) groups excluding carboxylic acids is 1. The first-order chi connectivity index (χ1) is 6.58. The Bertz CT molecular complexity index is 198. The molecule has 0 aliphatic heterocycles. The fraction of sp³-hybridized carbons (Fsp3) is 0.833. The third kappa shape index (κ3) is 3.24. The molecule has 0 radical (unpaired) electrons. The fourth-order valence-corrected chi connectivity index (χ4v) is 0.843. The van der Waals surface area contributed by atoms with Crippen molar-refractivity contribution in [2.24, 2.45) is 5.18 Å². The van der Waals surface area contributed by atoms with Crippen LogP contribution in [-0.4, -0.2) is 52.0 Å². The third-order valence-electron chi connectivity index (χ3n) is 1.50. The van der Waals surface area contributed by atoms with Crippen molar-refractivity contribution >= 4 is 6.03 Å². The van der Waals surface area contributed by atoms with Crippen LogP contribution < -0.4 is 5.32 Å². The molecule has 0 fully saturated rings. The minimum atomic E-state index is -1.38. The summed E-state index contributed by atoms with van der Waals surface area (Å²) in [6, 6.07) is -0.888. The lowest BCUT2D eigenvalue weighted by atomic mass is 10.3. The van der Waals surface area contributed by atoms with Gasteiger partial charge in [0.15, 0.2) is 6.17 Å². The summed E-state index contributed by atoms with van der Waals surface area (Å²) in [7, 11) is 0. The normalized spacial score (nSPS) is 14.3. The maximum Gasteiger partial charge on any atom is 0.322 e. The summed E-state index contributed by atoms with van der Waals surface area (Å²) in [5, 5.41) is 30.6. The van der Waals surface area contributed by atoms with Crippen LogP contribution in [0.3, 0.4) is 0 Å². The number of hydrogen-bond donors (Lipinski definition) is 4. The zero-order valence-electron chi connectivity index (χ0n) is 7.62. The summed E-state index contributed by atoms with van der Waals surface area (Å²) in [5.74, 6) is 0. The highest BCUT2D eigenvalue weighted by atomic mass is 16.3. The Morgan fingerprint density at radius 2 is 2.14 bits per heavy atom. The van der Waals surface area contributed by atoms with Crippen LogP contribution in [0.2, 0.25) is 0 Å². The lowest BCUT2D eigenvalue weighted by molar-refractivity contribution is 0.0321. The van der Waals surface area contributed by atoms with Gasteiger partial charge in [0.2, 0.25) is 0 Å². The van der Waals surface area contributed by atoms with E-state index in [1.54, 1.807) is 0 Å². The summed E-state index contributed by atoms with van der Waals surface area (Å²) in [5.41, 5.74) is 0. The zero-order valence-corrected chi connectivity index (χ0v) is 7.62. The van der Waals surface area contributed by atoms with Crippen LogP contribution in [0.4, 0.5) is 4.79 Å². The van der Waals surface area contributed by atoms with E-state index in [1.165, 1.54) is 6.92 Å². The van der Waals surface area contributed by atoms with Gasteiger partial charge in [0, 0.05) is 0 Å². The van der Waals surface area contributed by atoms with E-state index in [9.17, 15) is 9.70 Å². The zero-order chi connectivity index (χ0) is 11.1. The molecular weight excluding hydrogens is 194 g/mol. The third-order valence-corrected chi connectivity index (χ3v) is 1.50. The molecular formula is C6H13N3O5. The lowest BCUT2D eigenvalue weighted by Gasteiger charge is -2.26. The second-order valence-corrected chi connectivity index (χ2v) is 2.51. The van der Waals surface area contributed by atoms with Gasteiger partial charge in [0.25, 0.3) is 0 Å². The minimum absolute atomic E-state index is 0.591. The molecule has 0 saturated heterocycles. The van der Waals surface area contributed by atoms with E-state index in [2.05, 4.69) is 5.18 Å². The van der Waals surface area contributed by atoms with Crippen LogP contribution in [0.15, 0.2) is 5.18 Å². The Morgan fingerprint density at radius 1 is 1.57 bits per heavy atom. The summed E-state index contributed by atoms with van der Waals surface area (Å²) in [6.07, 6.45) is -2.59. The summed E-state index contributed by atoms with van der Waals surface area (Å²) >= 11 is 0.